The summed E-state index contributed by atoms with van der Waals surface area (Å²) in [6.45, 7) is 0. The van der Waals surface area contributed by atoms with Crippen LogP contribution in [0.5, 0.6) is 5.75 Å². The quantitative estimate of drug-likeness (QED) is 0.580. The van der Waals surface area contributed by atoms with Crippen LogP contribution in [0.2, 0.25) is 0 Å². The highest BCUT2D eigenvalue weighted by Gasteiger charge is 2.12. The van der Waals surface area contributed by atoms with Crippen molar-refractivity contribution >= 4 is 23.0 Å². The van der Waals surface area contributed by atoms with Crippen molar-refractivity contribution in [3.63, 3.8) is 0 Å². The molecule has 5 nitrogen and oxygen atoms in total. The van der Waals surface area contributed by atoms with Gasteiger partial charge in [-0.1, -0.05) is 42.5 Å². The largest absolute Gasteiger partial charge is 0.497 e. The fourth-order valence-corrected chi connectivity index (χ4v) is 2.72. The van der Waals surface area contributed by atoms with Gasteiger partial charge in [-0.2, -0.15) is 4.98 Å². The van der Waals surface area contributed by atoms with E-state index in [1.165, 1.54) is 0 Å². The third-order valence-electron chi connectivity index (χ3n) is 4.05. The number of amides is 1. The molecule has 1 heterocycles. The van der Waals surface area contributed by atoms with Crippen LogP contribution in [-0.2, 0) is 0 Å². The number of hydrogen-bond donors (Lipinski definition) is 1. The van der Waals surface area contributed by atoms with Crippen molar-refractivity contribution in [2.24, 2.45) is 0 Å². The number of oxazole rings is 1. The lowest BCUT2D eigenvalue weighted by Crippen LogP contribution is -2.12. The molecular weight excluding hydrogens is 328 g/mol. The van der Waals surface area contributed by atoms with Gasteiger partial charge in [0.1, 0.15) is 11.3 Å². The molecule has 5 heteroatoms. The fraction of sp³-hybridized carbons (Fsp3) is 0.0476. The number of nitrogens with zero attached hydrogens (tertiary/aromatic N) is 1. The number of ether oxygens (including phenoxy) is 1. The maximum atomic E-state index is 12.4. The van der Waals surface area contributed by atoms with Crippen molar-refractivity contribution in [2.45, 2.75) is 0 Å². The Kier molecular flexibility index (Phi) is 4.11. The van der Waals surface area contributed by atoms with Crippen LogP contribution >= 0.6 is 0 Å². The molecule has 0 spiro atoms. The van der Waals surface area contributed by atoms with E-state index in [4.69, 9.17) is 9.15 Å². The molecule has 1 aromatic heterocycles. The van der Waals surface area contributed by atoms with Gasteiger partial charge in [0.05, 0.1) is 7.11 Å². The van der Waals surface area contributed by atoms with Gasteiger partial charge in [-0.05, 0) is 41.5 Å². The molecule has 26 heavy (non-hydrogen) atoms. The molecule has 4 aromatic rings. The number of anilines is 1. The lowest BCUT2D eigenvalue weighted by molar-refractivity contribution is 0.102. The van der Waals surface area contributed by atoms with Gasteiger partial charge in [0.25, 0.3) is 5.91 Å². The van der Waals surface area contributed by atoms with Gasteiger partial charge in [-0.25, -0.2) is 0 Å². The van der Waals surface area contributed by atoms with E-state index in [9.17, 15) is 4.79 Å². The zero-order chi connectivity index (χ0) is 17.9. The van der Waals surface area contributed by atoms with E-state index < -0.39 is 0 Å². The summed E-state index contributed by atoms with van der Waals surface area (Å²) in [7, 11) is 1.56. The van der Waals surface area contributed by atoms with Crippen LogP contribution < -0.4 is 10.1 Å². The van der Waals surface area contributed by atoms with Gasteiger partial charge < -0.3 is 9.15 Å². The van der Waals surface area contributed by atoms with Crippen LogP contribution in [0.15, 0.2) is 77.2 Å². The number of aromatic nitrogens is 1. The molecular formula is C21H16N2O3. The third-order valence-corrected chi connectivity index (χ3v) is 4.05. The summed E-state index contributed by atoms with van der Waals surface area (Å²) in [5.41, 5.74) is 3.91. The first-order valence-electron chi connectivity index (χ1n) is 8.14. The second-order valence-electron chi connectivity index (χ2n) is 5.75. The molecule has 128 valence electrons. The number of fused-ring (bicyclic) bond motifs is 1. The summed E-state index contributed by atoms with van der Waals surface area (Å²) < 4.78 is 10.8. The van der Waals surface area contributed by atoms with Crippen LogP contribution in [0, 0.1) is 0 Å². The molecule has 0 aliphatic carbocycles. The van der Waals surface area contributed by atoms with Gasteiger partial charge in [0.15, 0.2) is 5.58 Å². The second kappa shape index (κ2) is 6.72. The molecule has 0 aliphatic rings. The maximum Gasteiger partial charge on any atom is 0.302 e. The number of nitrogens with one attached hydrogen (secondary N) is 1. The van der Waals surface area contributed by atoms with E-state index >= 15 is 0 Å². The topological polar surface area (TPSA) is 64.4 Å². The molecule has 0 bridgehead atoms. The summed E-state index contributed by atoms with van der Waals surface area (Å²) in [4.78, 5) is 16.8. The number of hydrogen-bond acceptors (Lipinski definition) is 4. The number of rotatable bonds is 4. The lowest BCUT2D eigenvalue weighted by Gasteiger charge is -2.03. The third kappa shape index (κ3) is 3.15. The van der Waals surface area contributed by atoms with Crippen molar-refractivity contribution < 1.29 is 13.9 Å². The van der Waals surface area contributed by atoms with Crippen LogP contribution in [0.4, 0.5) is 6.01 Å². The molecule has 0 unspecified atom stereocenters. The number of methoxy groups -OCH3 is 1. The SMILES string of the molecule is COc1cccc(C(=O)Nc2nc3cc(-c4ccccc4)ccc3o2)c1. The summed E-state index contributed by atoms with van der Waals surface area (Å²) in [5.74, 6) is 0.307. The summed E-state index contributed by atoms with van der Waals surface area (Å²) in [6.07, 6.45) is 0. The highest BCUT2D eigenvalue weighted by atomic mass is 16.5. The minimum absolute atomic E-state index is 0.165. The van der Waals surface area contributed by atoms with Gasteiger partial charge in [-0.3, -0.25) is 10.1 Å². The molecule has 0 aliphatic heterocycles. The van der Waals surface area contributed by atoms with E-state index in [1.807, 2.05) is 48.5 Å². The minimum atomic E-state index is -0.307. The Morgan fingerprint density at radius 1 is 0.962 bits per heavy atom. The summed E-state index contributed by atoms with van der Waals surface area (Å²) in [5, 5.41) is 2.69. The maximum absolute atomic E-state index is 12.4. The molecule has 1 N–H and O–H groups in total. The molecule has 0 radical (unpaired) electrons. The standard InChI is InChI=1S/C21H16N2O3/c1-25-17-9-5-8-16(12-17)20(24)23-21-22-18-13-15(10-11-19(18)26-21)14-6-3-2-4-7-14/h2-13H,1H3,(H,22,23,24). The zero-order valence-corrected chi connectivity index (χ0v) is 14.1. The number of carbonyl (C=O) groups is 1. The van der Waals surface area contributed by atoms with Gasteiger partial charge in [0, 0.05) is 5.56 Å². The van der Waals surface area contributed by atoms with Gasteiger partial charge in [0.2, 0.25) is 0 Å². The Hall–Kier alpha value is -3.60. The van der Waals surface area contributed by atoms with Gasteiger partial charge >= 0.3 is 6.01 Å². The van der Waals surface area contributed by atoms with Crippen molar-refractivity contribution in [2.75, 3.05) is 12.4 Å². The Morgan fingerprint density at radius 2 is 1.81 bits per heavy atom. The molecule has 0 fully saturated rings. The average molecular weight is 344 g/mol. The highest BCUT2D eigenvalue weighted by Crippen LogP contribution is 2.26. The summed E-state index contributed by atoms with van der Waals surface area (Å²) in [6, 6.07) is 22.8. The normalized spacial score (nSPS) is 10.7. The van der Waals surface area contributed by atoms with Crippen molar-refractivity contribution in [3.05, 3.63) is 78.4 Å². The van der Waals surface area contributed by atoms with E-state index in [1.54, 1.807) is 31.4 Å². The van der Waals surface area contributed by atoms with Crippen LogP contribution in [0.1, 0.15) is 10.4 Å². The van der Waals surface area contributed by atoms with Crippen molar-refractivity contribution in [1.82, 2.24) is 4.98 Å². The molecule has 0 saturated carbocycles. The van der Waals surface area contributed by atoms with E-state index in [2.05, 4.69) is 10.3 Å². The first-order valence-corrected chi connectivity index (χ1v) is 8.14. The summed E-state index contributed by atoms with van der Waals surface area (Å²) >= 11 is 0. The average Bonchev–Trinajstić information content (AvgIpc) is 3.10. The second-order valence-corrected chi connectivity index (χ2v) is 5.75. The Morgan fingerprint density at radius 3 is 2.62 bits per heavy atom. The number of carbonyl (C=O) groups excluding carboxylic acids is 1. The van der Waals surface area contributed by atoms with Crippen molar-refractivity contribution in [1.29, 1.82) is 0 Å². The first-order chi connectivity index (χ1) is 12.7. The Labute approximate surface area is 150 Å². The lowest BCUT2D eigenvalue weighted by atomic mass is 10.1. The molecule has 1 amide bonds. The minimum Gasteiger partial charge on any atom is -0.497 e. The van der Waals surface area contributed by atoms with Crippen LogP contribution in [-0.4, -0.2) is 18.0 Å². The Bertz CT molecular complexity index is 1070. The molecule has 3 aromatic carbocycles. The fourth-order valence-electron chi connectivity index (χ4n) is 2.72. The van der Waals surface area contributed by atoms with Crippen LogP contribution in [0.25, 0.3) is 22.2 Å². The Balaban J connectivity index is 1.60. The molecule has 4 rings (SSSR count). The predicted molar refractivity (Wildman–Crippen MR) is 100 cm³/mol. The number of benzene rings is 3. The predicted octanol–water partition coefficient (Wildman–Crippen LogP) is 4.76. The van der Waals surface area contributed by atoms with E-state index in [0.717, 1.165) is 11.1 Å². The molecule has 0 saturated heterocycles. The van der Waals surface area contributed by atoms with Crippen molar-refractivity contribution in [3.8, 4) is 16.9 Å². The highest BCUT2D eigenvalue weighted by molar-refractivity contribution is 6.03. The molecule has 0 atom stereocenters. The van der Waals surface area contributed by atoms with E-state index in [-0.39, 0.29) is 11.9 Å². The monoisotopic (exact) mass is 344 g/mol. The van der Waals surface area contributed by atoms with E-state index in [0.29, 0.717) is 22.4 Å². The smallest absolute Gasteiger partial charge is 0.302 e. The van der Waals surface area contributed by atoms with Crippen LogP contribution in [0.3, 0.4) is 0 Å². The van der Waals surface area contributed by atoms with Gasteiger partial charge in [-0.15, -0.1) is 0 Å². The zero-order valence-electron chi connectivity index (χ0n) is 14.1. The first kappa shape index (κ1) is 15.9.